The van der Waals surface area contributed by atoms with Crippen LogP contribution >= 0.6 is 0 Å². The summed E-state index contributed by atoms with van der Waals surface area (Å²) in [6.07, 6.45) is 6.24. The molecule has 2 aromatic rings. The third-order valence-corrected chi connectivity index (χ3v) is 14.9. The number of rotatable bonds is 4. The largest absolute Gasteiger partial charge is 0.461 e. The number of hydrogen-bond donors (Lipinski definition) is 0. The van der Waals surface area contributed by atoms with Crippen LogP contribution in [0.25, 0.3) is 0 Å². The van der Waals surface area contributed by atoms with Gasteiger partial charge in [-0.15, -0.1) is 0 Å². The zero-order valence-corrected chi connectivity index (χ0v) is 26.1. The second kappa shape index (κ2) is 8.51. The molecule has 0 aromatic heterocycles. The van der Waals surface area contributed by atoms with Crippen LogP contribution < -0.4 is 0 Å². The van der Waals surface area contributed by atoms with E-state index in [0.717, 1.165) is 25.7 Å². The molecule has 2 aromatic carbocycles. The van der Waals surface area contributed by atoms with E-state index >= 15 is 0 Å². The molecule has 6 bridgehead atoms. The highest BCUT2D eigenvalue weighted by molar-refractivity contribution is 5.88. The molecule has 4 fully saturated rings. The second-order valence-electron chi connectivity index (χ2n) is 16.3. The molecule has 0 amide bonds. The van der Waals surface area contributed by atoms with Crippen LogP contribution in [0.5, 0.6) is 0 Å². The highest BCUT2D eigenvalue weighted by Crippen LogP contribution is 2.68. The number of carbonyl (C=O) groups excluding carboxylic acids is 2. The van der Waals surface area contributed by atoms with Crippen LogP contribution in [0.4, 0.5) is 0 Å². The van der Waals surface area contributed by atoms with Gasteiger partial charge in [0, 0.05) is 22.7 Å². The van der Waals surface area contributed by atoms with Gasteiger partial charge in [-0.05, 0) is 83.4 Å². The monoisotopic (exact) mass is 566 g/mol. The fraction of sp³-hybridized carbons (Fsp3) is 0.632. The van der Waals surface area contributed by atoms with Gasteiger partial charge in [-0.3, -0.25) is 9.59 Å². The molecule has 0 N–H and O–H groups in total. The quantitative estimate of drug-likeness (QED) is 0.352. The number of ether oxygens (including phenoxy) is 2. The molecule has 0 saturated heterocycles. The molecule has 7 aliphatic carbocycles. The van der Waals surface area contributed by atoms with Gasteiger partial charge < -0.3 is 9.47 Å². The number of hydrogen-bond acceptors (Lipinski definition) is 4. The van der Waals surface area contributed by atoms with Crippen molar-refractivity contribution in [2.45, 2.75) is 104 Å². The average Bonchev–Trinajstić information content (AvgIpc) is 3.49. The van der Waals surface area contributed by atoms with Crippen LogP contribution in [0.2, 0.25) is 0 Å². The van der Waals surface area contributed by atoms with Gasteiger partial charge in [-0.2, -0.15) is 0 Å². The SMILES string of the molecule is CC1(C)[C@@H]2CC[C@]1(C)[C@@H](OC(=O)[C@H]1C3c4ccccc4C(c4ccccc43)[C@@H]1C(=O)O[C@H]1C[C@H]3CC[C@@]1(C)C3(C)C)C2. The molecule has 8 atom stereocenters. The van der Waals surface area contributed by atoms with Gasteiger partial charge in [0.1, 0.15) is 12.2 Å². The van der Waals surface area contributed by atoms with Crippen molar-refractivity contribution in [3.05, 3.63) is 70.8 Å². The fourth-order valence-corrected chi connectivity index (χ4v) is 11.3. The summed E-state index contributed by atoms with van der Waals surface area (Å²) in [4.78, 5) is 29.2. The molecular weight excluding hydrogens is 520 g/mol. The van der Waals surface area contributed by atoms with Crippen LogP contribution in [-0.2, 0) is 19.1 Å². The molecule has 4 nitrogen and oxygen atoms in total. The summed E-state index contributed by atoms with van der Waals surface area (Å²) >= 11 is 0. The second-order valence-corrected chi connectivity index (χ2v) is 16.3. The van der Waals surface area contributed by atoms with E-state index in [0.29, 0.717) is 11.8 Å². The molecule has 0 spiro atoms. The maximum Gasteiger partial charge on any atom is 0.311 e. The van der Waals surface area contributed by atoms with E-state index in [1.807, 2.05) is 0 Å². The average molecular weight is 567 g/mol. The van der Waals surface area contributed by atoms with Gasteiger partial charge >= 0.3 is 11.9 Å². The Bertz CT molecular complexity index is 1330. The Morgan fingerprint density at radius 1 is 0.595 bits per heavy atom. The molecular formula is C38H46O4. The Balaban J connectivity index is 1.19. The van der Waals surface area contributed by atoms with Crippen molar-refractivity contribution in [2.75, 3.05) is 0 Å². The highest BCUT2D eigenvalue weighted by Gasteiger charge is 2.66. The van der Waals surface area contributed by atoms with Crippen LogP contribution in [-0.4, -0.2) is 24.1 Å². The molecule has 7 aliphatic rings. The van der Waals surface area contributed by atoms with Crippen molar-refractivity contribution < 1.29 is 19.1 Å². The maximum absolute atomic E-state index is 14.6. The minimum Gasteiger partial charge on any atom is -0.461 e. The van der Waals surface area contributed by atoms with Crippen LogP contribution in [0, 0.1) is 45.3 Å². The molecule has 0 unspecified atom stereocenters. The molecule has 9 rings (SSSR count). The Morgan fingerprint density at radius 2 is 0.929 bits per heavy atom. The molecule has 0 heterocycles. The lowest BCUT2D eigenvalue weighted by Gasteiger charge is -2.49. The Kier molecular flexibility index (Phi) is 5.46. The number of carbonyl (C=O) groups is 2. The Morgan fingerprint density at radius 3 is 1.19 bits per heavy atom. The minimum atomic E-state index is -0.586. The number of benzene rings is 2. The Hall–Kier alpha value is -2.62. The first kappa shape index (κ1) is 27.0. The number of fused-ring (bicyclic) bond motifs is 5. The predicted octanol–water partition coefficient (Wildman–Crippen LogP) is 8.03. The lowest BCUT2D eigenvalue weighted by Crippen LogP contribution is -2.50. The summed E-state index contributed by atoms with van der Waals surface area (Å²) < 4.78 is 13.2. The van der Waals surface area contributed by atoms with Gasteiger partial charge in [0.15, 0.2) is 0 Å². The van der Waals surface area contributed by atoms with Gasteiger partial charge in [0.05, 0.1) is 11.8 Å². The summed E-state index contributed by atoms with van der Waals surface area (Å²) in [6, 6.07) is 16.9. The molecule has 4 saturated carbocycles. The van der Waals surface area contributed by atoms with E-state index in [9.17, 15) is 9.59 Å². The highest BCUT2D eigenvalue weighted by atomic mass is 16.6. The van der Waals surface area contributed by atoms with Gasteiger partial charge in [0.2, 0.25) is 0 Å². The van der Waals surface area contributed by atoms with Crippen LogP contribution in [0.1, 0.15) is 114 Å². The first-order valence-corrected chi connectivity index (χ1v) is 16.5. The van der Waals surface area contributed by atoms with Crippen molar-refractivity contribution in [3.63, 3.8) is 0 Å². The van der Waals surface area contributed by atoms with Crippen molar-refractivity contribution in [1.29, 1.82) is 0 Å². The normalized spacial score (nSPS) is 42.7. The standard InChI is InChI=1S/C38H46O4/c1-35(2)21-15-17-37(35,5)27(19-21)41-33(39)31-29-23-11-7-9-13-25(23)30(26-14-10-8-12-24(26)29)32(31)34(40)42-28-20-22-16-18-38(28,6)36(22,3)4/h7-14,21-22,27-32H,15-20H2,1-6H3/t21-,22-,27+,28+,29?,30?,31+,32+,37-,38-/m1/s1. The van der Waals surface area contributed by atoms with Crippen LogP contribution in [0.3, 0.4) is 0 Å². The maximum atomic E-state index is 14.6. The van der Waals surface area contributed by atoms with E-state index in [1.165, 1.54) is 35.1 Å². The fourth-order valence-electron chi connectivity index (χ4n) is 11.3. The van der Waals surface area contributed by atoms with Crippen molar-refractivity contribution in [3.8, 4) is 0 Å². The molecule has 4 heteroatoms. The van der Waals surface area contributed by atoms with Crippen molar-refractivity contribution in [1.82, 2.24) is 0 Å². The van der Waals surface area contributed by atoms with Crippen LogP contribution in [0.15, 0.2) is 48.5 Å². The van der Waals surface area contributed by atoms with E-state index in [4.69, 9.17) is 9.47 Å². The summed E-state index contributed by atoms with van der Waals surface area (Å²) in [6.45, 7) is 14.0. The first-order valence-electron chi connectivity index (χ1n) is 16.5. The van der Waals surface area contributed by atoms with Gasteiger partial charge in [-0.25, -0.2) is 0 Å². The van der Waals surface area contributed by atoms with E-state index in [1.54, 1.807) is 0 Å². The lowest BCUT2D eigenvalue weighted by atomic mass is 9.54. The van der Waals surface area contributed by atoms with E-state index < -0.39 is 11.8 Å². The van der Waals surface area contributed by atoms with Gasteiger partial charge in [0.25, 0.3) is 0 Å². The molecule has 0 radical (unpaired) electrons. The van der Waals surface area contributed by atoms with E-state index in [2.05, 4.69) is 90.1 Å². The molecule has 42 heavy (non-hydrogen) atoms. The number of esters is 2. The van der Waals surface area contributed by atoms with Crippen molar-refractivity contribution >= 4 is 11.9 Å². The summed E-state index contributed by atoms with van der Waals surface area (Å²) in [7, 11) is 0. The zero-order chi connectivity index (χ0) is 29.4. The summed E-state index contributed by atoms with van der Waals surface area (Å²) in [5, 5.41) is 0. The van der Waals surface area contributed by atoms with Crippen molar-refractivity contribution in [2.24, 2.45) is 45.3 Å². The smallest absolute Gasteiger partial charge is 0.311 e. The third-order valence-electron chi connectivity index (χ3n) is 14.9. The third kappa shape index (κ3) is 3.15. The van der Waals surface area contributed by atoms with E-state index in [-0.39, 0.29) is 57.6 Å². The van der Waals surface area contributed by atoms with Gasteiger partial charge in [-0.1, -0.05) is 90.1 Å². The first-order chi connectivity index (χ1) is 19.9. The molecule has 222 valence electrons. The lowest BCUT2D eigenvalue weighted by molar-refractivity contribution is -0.177. The zero-order valence-electron chi connectivity index (χ0n) is 26.1. The summed E-state index contributed by atoms with van der Waals surface area (Å²) in [5.41, 5.74) is 4.89. The summed E-state index contributed by atoms with van der Waals surface area (Å²) in [5.74, 6) is -0.845. The topological polar surface area (TPSA) is 52.6 Å². The minimum absolute atomic E-state index is 0.0317. The Labute approximate surface area is 250 Å². The molecule has 0 aliphatic heterocycles. The predicted molar refractivity (Wildman–Crippen MR) is 162 cm³/mol.